The Balaban J connectivity index is 0.00000180. The lowest BCUT2D eigenvalue weighted by atomic mass is 9.95. The molecule has 0 saturated heterocycles. The van der Waals surface area contributed by atoms with Gasteiger partial charge in [-0.3, -0.25) is 0 Å². The van der Waals surface area contributed by atoms with Crippen LogP contribution in [0.15, 0.2) is 49.6 Å². The van der Waals surface area contributed by atoms with Crippen molar-refractivity contribution in [3.63, 3.8) is 0 Å². The lowest BCUT2D eigenvalue weighted by molar-refractivity contribution is 0.564. The zero-order chi connectivity index (χ0) is 13.0. The number of hydrogen-bond acceptors (Lipinski definition) is 1. The molecule has 1 aromatic carbocycles. The van der Waals surface area contributed by atoms with Crippen molar-refractivity contribution in [1.82, 2.24) is 9.55 Å². The zero-order valence-electron chi connectivity index (χ0n) is 10.3. The SMILES string of the molecule is C=CCC(Cn1ccnc1)c1ccc(Cl)c(Cl)c1.Cl. The molecule has 1 unspecified atom stereocenters. The standard InChI is InChI=1S/C14H14Cl2N2.ClH/c1-2-3-12(9-18-7-6-17-10-18)11-4-5-13(15)14(16)8-11;/h2,4-8,10,12H,1,3,9H2;1H. The molecule has 0 aliphatic rings. The first-order chi connectivity index (χ1) is 8.70. The molecule has 0 aliphatic carbocycles. The first-order valence-corrected chi connectivity index (χ1v) is 6.48. The largest absolute Gasteiger partial charge is 0.337 e. The van der Waals surface area contributed by atoms with Crippen LogP contribution in [0.1, 0.15) is 17.9 Å². The van der Waals surface area contributed by atoms with Crippen molar-refractivity contribution in [3.8, 4) is 0 Å². The maximum atomic E-state index is 6.06. The van der Waals surface area contributed by atoms with Gasteiger partial charge in [-0.15, -0.1) is 19.0 Å². The van der Waals surface area contributed by atoms with Gasteiger partial charge in [-0.25, -0.2) is 4.98 Å². The maximum absolute atomic E-state index is 6.06. The van der Waals surface area contributed by atoms with E-state index in [1.807, 2.05) is 36.8 Å². The molecule has 0 spiro atoms. The fraction of sp³-hybridized carbons (Fsp3) is 0.214. The molecule has 5 heteroatoms. The lowest BCUT2D eigenvalue weighted by Gasteiger charge is -2.16. The van der Waals surface area contributed by atoms with Gasteiger partial charge >= 0.3 is 0 Å². The summed E-state index contributed by atoms with van der Waals surface area (Å²) in [5.74, 6) is 0.325. The van der Waals surface area contributed by atoms with E-state index in [1.165, 1.54) is 0 Å². The third-order valence-corrected chi connectivity index (χ3v) is 3.60. The van der Waals surface area contributed by atoms with E-state index in [1.54, 1.807) is 6.20 Å². The van der Waals surface area contributed by atoms with E-state index >= 15 is 0 Å². The van der Waals surface area contributed by atoms with Gasteiger partial charge in [-0.2, -0.15) is 0 Å². The molecule has 0 amide bonds. The number of benzene rings is 1. The van der Waals surface area contributed by atoms with Crippen molar-refractivity contribution < 1.29 is 0 Å². The number of allylic oxidation sites excluding steroid dienone is 1. The van der Waals surface area contributed by atoms with Crippen LogP contribution in [0.25, 0.3) is 0 Å². The minimum atomic E-state index is 0. The number of halogens is 3. The van der Waals surface area contributed by atoms with Crippen LogP contribution in [0.4, 0.5) is 0 Å². The molecule has 0 radical (unpaired) electrons. The molecule has 2 nitrogen and oxygen atoms in total. The third kappa shape index (κ3) is 4.27. The Morgan fingerprint density at radius 3 is 2.68 bits per heavy atom. The topological polar surface area (TPSA) is 17.8 Å². The average Bonchev–Trinajstić information content (AvgIpc) is 2.85. The molecule has 102 valence electrons. The van der Waals surface area contributed by atoms with E-state index in [9.17, 15) is 0 Å². The Bertz CT molecular complexity index is 523. The van der Waals surface area contributed by atoms with Gasteiger partial charge in [-0.05, 0) is 24.1 Å². The van der Waals surface area contributed by atoms with E-state index in [-0.39, 0.29) is 12.4 Å². The smallest absolute Gasteiger partial charge is 0.0946 e. The first kappa shape index (κ1) is 16.1. The van der Waals surface area contributed by atoms with Gasteiger partial charge in [0, 0.05) is 24.9 Å². The number of hydrogen-bond donors (Lipinski definition) is 0. The minimum Gasteiger partial charge on any atom is -0.337 e. The van der Waals surface area contributed by atoms with Gasteiger partial charge in [0.2, 0.25) is 0 Å². The molecule has 1 aromatic heterocycles. The van der Waals surface area contributed by atoms with Crippen molar-refractivity contribution in [2.24, 2.45) is 0 Å². The molecule has 19 heavy (non-hydrogen) atoms. The van der Waals surface area contributed by atoms with Gasteiger partial charge in [-0.1, -0.05) is 35.3 Å². The molecular formula is C14H15Cl3N2. The summed E-state index contributed by atoms with van der Waals surface area (Å²) < 4.78 is 2.05. The lowest BCUT2D eigenvalue weighted by Crippen LogP contribution is -2.07. The van der Waals surface area contributed by atoms with Crippen molar-refractivity contribution in [3.05, 3.63) is 65.2 Å². The quantitative estimate of drug-likeness (QED) is 0.712. The highest BCUT2D eigenvalue weighted by atomic mass is 35.5. The van der Waals surface area contributed by atoms with Crippen molar-refractivity contribution in [1.29, 1.82) is 0 Å². The fourth-order valence-corrected chi connectivity index (χ4v) is 2.24. The number of imidazole rings is 1. The predicted octanol–water partition coefficient (Wildman–Crippen LogP) is 4.97. The Morgan fingerprint density at radius 2 is 2.11 bits per heavy atom. The van der Waals surface area contributed by atoms with E-state index < -0.39 is 0 Å². The van der Waals surface area contributed by atoms with Gasteiger partial charge in [0.05, 0.1) is 16.4 Å². The van der Waals surface area contributed by atoms with Crippen LogP contribution in [0.2, 0.25) is 10.0 Å². The minimum absolute atomic E-state index is 0. The summed E-state index contributed by atoms with van der Waals surface area (Å²) in [6, 6.07) is 5.78. The number of nitrogens with zero attached hydrogens (tertiary/aromatic N) is 2. The molecule has 0 saturated carbocycles. The van der Waals surface area contributed by atoms with Gasteiger partial charge in [0.1, 0.15) is 0 Å². The highest BCUT2D eigenvalue weighted by Gasteiger charge is 2.12. The number of aromatic nitrogens is 2. The first-order valence-electron chi connectivity index (χ1n) is 5.72. The summed E-state index contributed by atoms with van der Waals surface area (Å²) in [5, 5.41) is 1.18. The second-order valence-electron chi connectivity index (χ2n) is 4.15. The fourth-order valence-electron chi connectivity index (χ4n) is 1.93. The van der Waals surface area contributed by atoms with Crippen LogP contribution >= 0.6 is 35.6 Å². The van der Waals surface area contributed by atoms with Gasteiger partial charge < -0.3 is 4.57 Å². The zero-order valence-corrected chi connectivity index (χ0v) is 12.6. The Morgan fingerprint density at radius 1 is 1.32 bits per heavy atom. The normalized spacial score (nSPS) is 11.7. The summed E-state index contributed by atoms with van der Waals surface area (Å²) in [6.07, 6.45) is 8.35. The van der Waals surface area contributed by atoms with E-state index in [0.29, 0.717) is 16.0 Å². The summed E-state index contributed by atoms with van der Waals surface area (Å²) >= 11 is 12.0. The Labute approximate surface area is 129 Å². The van der Waals surface area contributed by atoms with E-state index in [0.717, 1.165) is 18.5 Å². The predicted molar refractivity (Wildman–Crippen MR) is 83.5 cm³/mol. The van der Waals surface area contributed by atoms with Crippen LogP contribution in [-0.4, -0.2) is 9.55 Å². The van der Waals surface area contributed by atoms with Crippen molar-refractivity contribution in [2.75, 3.05) is 0 Å². The summed E-state index contributed by atoms with van der Waals surface area (Å²) in [4.78, 5) is 4.05. The second kappa shape index (κ2) is 7.59. The highest BCUT2D eigenvalue weighted by molar-refractivity contribution is 6.42. The molecule has 0 fully saturated rings. The van der Waals surface area contributed by atoms with E-state index in [2.05, 4.69) is 16.1 Å². The van der Waals surface area contributed by atoms with Gasteiger partial charge in [0.15, 0.2) is 0 Å². The third-order valence-electron chi connectivity index (χ3n) is 2.86. The molecule has 0 aliphatic heterocycles. The Kier molecular flexibility index (Phi) is 6.43. The highest BCUT2D eigenvalue weighted by Crippen LogP contribution is 2.29. The molecular weight excluding hydrogens is 303 g/mol. The van der Waals surface area contributed by atoms with Crippen LogP contribution in [0.5, 0.6) is 0 Å². The average molecular weight is 318 g/mol. The molecule has 0 N–H and O–H groups in total. The van der Waals surface area contributed by atoms with Gasteiger partial charge in [0.25, 0.3) is 0 Å². The number of rotatable bonds is 5. The molecule has 2 rings (SSSR count). The summed E-state index contributed by atoms with van der Waals surface area (Å²) in [6.45, 7) is 4.66. The Hall–Kier alpha value is -0.960. The summed E-state index contributed by atoms with van der Waals surface area (Å²) in [7, 11) is 0. The molecule has 1 heterocycles. The molecule has 2 aromatic rings. The maximum Gasteiger partial charge on any atom is 0.0946 e. The van der Waals surface area contributed by atoms with Crippen molar-refractivity contribution in [2.45, 2.75) is 18.9 Å². The monoisotopic (exact) mass is 316 g/mol. The molecule has 1 atom stereocenters. The van der Waals surface area contributed by atoms with E-state index in [4.69, 9.17) is 23.2 Å². The summed E-state index contributed by atoms with van der Waals surface area (Å²) in [5.41, 5.74) is 1.16. The van der Waals surface area contributed by atoms with Crippen LogP contribution < -0.4 is 0 Å². The van der Waals surface area contributed by atoms with Crippen LogP contribution in [0, 0.1) is 0 Å². The van der Waals surface area contributed by atoms with Crippen LogP contribution in [-0.2, 0) is 6.54 Å². The van der Waals surface area contributed by atoms with Crippen LogP contribution in [0.3, 0.4) is 0 Å². The second-order valence-corrected chi connectivity index (χ2v) is 4.97. The van der Waals surface area contributed by atoms with Crippen molar-refractivity contribution >= 4 is 35.6 Å². The molecule has 0 bridgehead atoms.